The van der Waals surface area contributed by atoms with E-state index in [9.17, 15) is 9.59 Å². The fraction of sp³-hybridized carbons (Fsp3) is 0.125. The summed E-state index contributed by atoms with van der Waals surface area (Å²) in [6.07, 6.45) is -0.223. The summed E-state index contributed by atoms with van der Waals surface area (Å²) in [5, 5.41) is 18.0. The lowest BCUT2D eigenvalue weighted by Gasteiger charge is -2.09. The largest absolute Gasteiger partial charge is 0.497 e. The summed E-state index contributed by atoms with van der Waals surface area (Å²) < 4.78 is 5.09. The van der Waals surface area contributed by atoms with Crippen LogP contribution in [-0.4, -0.2) is 29.3 Å². The zero-order chi connectivity index (χ0) is 16.1. The first-order valence-electron chi connectivity index (χ1n) is 6.39. The average molecular weight is 318 g/mol. The summed E-state index contributed by atoms with van der Waals surface area (Å²) in [5.41, 5.74) is 0.559. The Kier molecular flexibility index (Phi) is 5.06. The molecule has 0 unspecified atom stereocenters. The highest BCUT2D eigenvalue weighted by atomic mass is 32.2. The number of carboxylic acid groups (broad SMARTS) is 2. The Labute approximate surface area is 131 Å². The van der Waals surface area contributed by atoms with Crippen molar-refractivity contribution in [3.63, 3.8) is 0 Å². The highest BCUT2D eigenvalue weighted by molar-refractivity contribution is 7.99. The van der Waals surface area contributed by atoms with Crippen molar-refractivity contribution in [3.05, 3.63) is 53.6 Å². The van der Waals surface area contributed by atoms with Crippen LogP contribution in [0.4, 0.5) is 0 Å². The van der Waals surface area contributed by atoms with E-state index in [0.717, 1.165) is 15.5 Å². The number of rotatable bonds is 6. The van der Waals surface area contributed by atoms with Gasteiger partial charge in [-0.25, -0.2) is 4.79 Å². The molecule has 2 aromatic rings. The lowest BCUT2D eigenvalue weighted by atomic mass is 10.1. The number of benzene rings is 2. The van der Waals surface area contributed by atoms with E-state index in [1.54, 1.807) is 13.2 Å². The molecular formula is C16H14O5S. The third-order valence-electron chi connectivity index (χ3n) is 2.94. The van der Waals surface area contributed by atoms with Gasteiger partial charge in [-0.05, 0) is 48.0 Å². The summed E-state index contributed by atoms with van der Waals surface area (Å²) in [7, 11) is 1.58. The van der Waals surface area contributed by atoms with Crippen LogP contribution in [-0.2, 0) is 11.2 Å². The quantitative estimate of drug-likeness (QED) is 0.851. The van der Waals surface area contributed by atoms with Crippen LogP contribution in [0.3, 0.4) is 0 Å². The molecule has 2 N–H and O–H groups in total. The van der Waals surface area contributed by atoms with Crippen molar-refractivity contribution in [2.45, 2.75) is 16.2 Å². The van der Waals surface area contributed by atoms with Gasteiger partial charge in [0.25, 0.3) is 0 Å². The molecule has 0 radical (unpaired) electrons. The fourth-order valence-corrected chi connectivity index (χ4v) is 2.81. The van der Waals surface area contributed by atoms with Crippen LogP contribution in [0.1, 0.15) is 15.9 Å². The molecule has 0 aromatic heterocycles. The molecule has 2 rings (SSSR count). The van der Waals surface area contributed by atoms with Crippen molar-refractivity contribution in [2.75, 3.05) is 7.11 Å². The molecule has 5 nitrogen and oxygen atoms in total. The van der Waals surface area contributed by atoms with E-state index in [-0.39, 0.29) is 12.0 Å². The number of ether oxygens (including phenoxy) is 1. The summed E-state index contributed by atoms with van der Waals surface area (Å²) in [6, 6.07) is 11.9. The van der Waals surface area contributed by atoms with Crippen LogP contribution < -0.4 is 4.74 Å². The third kappa shape index (κ3) is 4.02. The predicted molar refractivity (Wildman–Crippen MR) is 81.9 cm³/mol. The van der Waals surface area contributed by atoms with Crippen LogP contribution in [0, 0.1) is 0 Å². The van der Waals surface area contributed by atoms with Crippen LogP contribution in [0.2, 0.25) is 0 Å². The molecule has 22 heavy (non-hydrogen) atoms. The van der Waals surface area contributed by atoms with Gasteiger partial charge in [0.2, 0.25) is 0 Å². The molecule has 0 amide bonds. The van der Waals surface area contributed by atoms with Crippen LogP contribution in [0.15, 0.2) is 52.3 Å². The molecule has 0 saturated heterocycles. The second kappa shape index (κ2) is 7.00. The Morgan fingerprint density at radius 3 is 2.32 bits per heavy atom. The minimum Gasteiger partial charge on any atom is -0.497 e. The molecule has 0 aliphatic heterocycles. The Hall–Kier alpha value is -2.47. The molecule has 2 aromatic carbocycles. The van der Waals surface area contributed by atoms with E-state index in [2.05, 4.69) is 0 Å². The number of carboxylic acids is 2. The first kappa shape index (κ1) is 15.9. The minimum atomic E-state index is -1.08. The molecule has 6 heteroatoms. The minimum absolute atomic E-state index is 0.0790. The van der Waals surface area contributed by atoms with Crippen LogP contribution in [0.5, 0.6) is 5.75 Å². The standard InChI is InChI=1S/C16H14O5S/c1-21-12-3-5-13(6-4-12)22-14-7-2-10(16(19)20)8-11(14)9-15(17)18/h2-8H,9H2,1H3,(H,17,18)(H,19,20). The molecule has 0 aliphatic carbocycles. The molecule has 0 spiro atoms. The number of methoxy groups -OCH3 is 1. The number of hydrogen-bond acceptors (Lipinski definition) is 4. The van der Waals surface area contributed by atoms with Crippen LogP contribution >= 0.6 is 11.8 Å². The molecule has 0 bridgehead atoms. The van der Waals surface area contributed by atoms with Crippen molar-refractivity contribution in [1.29, 1.82) is 0 Å². The summed E-state index contributed by atoms with van der Waals surface area (Å²) in [4.78, 5) is 23.6. The van der Waals surface area contributed by atoms with Gasteiger partial charge < -0.3 is 14.9 Å². The Bertz CT molecular complexity index is 694. The molecule has 0 aliphatic rings. The molecule has 0 fully saturated rings. The zero-order valence-electron chi connectivity index (χ0n) is 11.8. The van der Waals surface area contributed by atoms with Gasteiger partial charge in [0.15, 0.2) is 0 Å². The van der Waals surface area contributed by atoms with E-state index in [1.807, 2.05) is 24.3 Å². The monoisotopic (exact) mass is 318 g/mol. The van der Waals surface area contributed by atoms with Gasteiger partial charge in [-0.3, -0.25) is 4.79 Å². The SMILES string of the molecule is COc1ccc(Sc2ccc(C(=O)O)cc2CC(=O)O)cc1. The van der Waals surface area contributed by atoms with E-state index in [4.69, 9.17) is 14.9 Å². The number of aliphatic carboxylic acids is 1. The van der Waals surface area contributed by atoms with E-state index in [1.165, 1.54) is 23.9 Å². The Morgan fingerprint density at radius 2 is 1.77 bits per heavy atom. The van der Waals surface area contributed by atoms with Crippen molar-refractivity contribution >= 4 is 23.7 Å². The zero-order valence-corrected chi connectivity index (χ0v) is 12.6. The Balaban J connectivity index is 2.31. The maximum absolute atomic E-state index is 11.0. The van der Waals surface area contributed by atoms with Gasteiger partial charge in [0, 0.05) is 9.79 Å². The maximum atomic E-state index is 11.0. The Morgan fingerprint density at radius 1 is 1.09 bits per heavy atom. The number of carbonyl (C=O) groups is 2. The van der Waals surface area contributed by atoms with Crippen molar-refractivity contribution in [2.24, 2.45) is 0 Å². The van der Waals surface area contributed by atoms with Gasteiger partial charge in [-0.15, -0.1) is 0 Å². The summed E-state index contributed by atoms with van der Waals surface area (Å²) in [6.45, 7) is 0. The fourth-order valence-electron chi connectivity index (χ4n) is 1.88. The second-order valence-electron chi connectivity index (χ2n) is 4.48. The van der Waals surface area contributed by atoms with Crippen molar-refractivity contribution in [1.82, 2.24) is 0 Å². The normalized spacial score (nSPS) is 10.2. The molecule has 0 heterocycles. The lowest BCUT2D eigenvalue weighted by molar-refractivity contribution is -0.136. The molecular weight excluding hydrogens is 304 g/mol. The first-order valence-corrected chi connectivity index (χ1v) is 7.21. The van der Waals surface area contributed by atoms with Gasteiger partial charge in [-0.2, -0.15) is 0 Å². The summed E-state index contributed by atoms with van der Waals surface area (Å²) in [5.74, 6) is -1.34. The van der Waals surface area contributed by atoms with Gasteiger partial charge >= 0.3 is 11.9 Å². The van der Waals surface area contributed by atoms with Crippen molar-refractivity contribution < 1.29 is 24.5 Å². The molecule has 0 atom stereocenters. The van der Waals surface area contributed by atoms with Gasteiger partial charge in [-0.1, -0.05) is 11.8 Å². The van der Waals surface area contributed by atoms with Crippen LogP contribution in [0.25, 0.3) is 0 Å². The van der Waals surface area contributed by atoms with E-state index < -0.39 is 11.9 Å². The number of hydrogen-bond donors (Lipinski definition) is 2. The molecule has 114 valence electrons. The van der Waals surface area contributed by atoms with Crippen molar-refractivity contribution in [3.8, 4) is 5.75 Å². The highest BCUT2D eigenvalue weighted by Gasteiger charge is 2.12. The highest BCUT2D eigenvalue weighted by Crippen LogP contribution is 2.32. The lowest BCUT2D eigenvalue weighted by Crippen LogP contribution is -2.04. The van der Waals surface area contributed by atoms with E-state index >= 15 is 0 Å². The van der Waals surface area contributed by atoms with Gasteiger partial charge in [0.1, 0.15) is 5.75 Å². The van der Waals surface area contributed by atoms with Gasteiger partial charge in [0.05, 0.1) is 19.1 Å². The average Bonchev–Trinajstić information content (AvgIpc) is 2.49. The summed E-state index contributed by atoms with van der Waals surface area (Å²) >= 11 is 1.38. The second-order valence-corrected chi connectivity index (χ2v) is 5.59. The molecule has 0 saturated carbocycles. The first-order chi connectivity index (χ1) is 10.5. The maximum Gasteiger partial charge on any atom is 0.335 e. The van der Waals surface area contributed by atoms with E-state index in [0.29, 0.717) is 5.56 Å². The predicted octanol–water partition coefficient (Wildman–Crippen LogP) is 3.17. The third-order valence-corrected chi connectivity index (χ3v) is 4.06. The topological polar surface area (TPSA) is 83.8 Å². The smallest absolute Gasteiger partial charge is 0.335 e. The number of aromatic carboxylic acids is 1.